The number of methoxy groups -OCH3 is 1. The maximum Gasteiger partial charge on any atom is 0.480 e. The summed E-state index contributed by atoms with van der Waals surface area (Å²) in [4.78, 5) is 30.3. The number of imide groups is 1. The number of nitrogens with zero attached hydrogens (tertiary/aromatic N) is 1. The van der Waals surface area contributed by atoms with Crippen LogP contribution in [-0.4, -0.2) is 36.0 Å². The molecule has 0 saturated carbocycles. The van der Waals surface area contributed by atoms with E-state index >= 15 is 0 Å². The highest BCUT2D eigenvalue weighted by molar-refractivity contribution is 6.00. The summed E-state index contributed by atoms with van der Waals surface area (Å²) < 4.78 is 17.8. The highest BCUT2D eigenvalue weighted by Crippen LogP contribution is 2.21. The van der Waals surface area contributed by atoms with Gasteiger partial charge in [-0.25, -0.2) is 4.79 Å². The van der Waals surface area contributed by atoms with Gasteiger partial charge in [0.25, 0.3) is 0 Å². The quantitative estimate of drug-likeness (QED) is 0.333. The predicted octanol–water partition coefficient (Wildman–Crippen LogP) is -1.26. The maximum atomic E-state index is 13.5. The van der Waals surface area contributed by atoms with Crippen molar-refractivity contribution in [2.75, 3.05) is 7.11 Å². The minimum Gasteiger partial charge on any atom is -0.352 e. The molecule has 78 valence electrons. The average molecular weight is 207 g/mol. The van der Waals surface area contributed by atoms with Crippen molar-refractivity contribution in [2.24, 2.45) is 0 Å². The summed E-state index contributed by atoms with van der Waals surface area (Å²) in [6, 6.07) is -1.04. The van der Waals surface area contributed by atoms with Crippen LogP contribution < -0.4 is 10.6 Å². The first-order valence-electron chi connectivity index (χ1n) is 3.41. The molecule has 0 aromatic rings. The SMILES string of the molecule is COC1NC(=O)NC(=O)C1(F)[N+](=O)[O-]. The van der Waals surface area contributed by atoms with Gasteiger partial charge in [0, 0.05) is 7.11 Å². The summed E-state index contributed by atoms with van der Waals surface area (Å²) in [5, 5.41) is 13.5. The number of carbonyl (C=O) groups excluding carboxylic acids is 2. The highest BCUT2D eigenvalue weighted by atomic mass is 19.1. The van der Waals surface area contributed by atoms with Crippen molar-refractivity contribution in [3.63, 3.8) is 0 Å². The number of nitrogens with one attached hydrogen (secondary N) is 2. The number of nitro groups is 1. The Morgan fingerprint density at radius 1 is 1.64 bits per heavy atom. The van der Waals surface area contributed by atoms with Gasteiger partial charge in [0.1, 0.15) is 0 Å². The van der Waals surface area contributed by atoms with Crippen molar-refractivity contribution in [1.29, 1.82) is 0 Å². The van der Waals surface area contributed by atoms with Gasteiger partial charge in [0.2, 0.25) is 6.23 Å². The Kier molecular flexibility index (Phi) is 2.34. The van der Waals surface area contributed by atoms with Crippen molar-refractivity contribution in [1.82, 2.24) is 10.6 Å². The summed E-state index contributed by atoms with van der Waals surface area (Å²) in [6.07, 6.45) is -1.93. The molecule has 0 radical (unpaired) electrons. The summed E-state index contributed by atoms with van der Waals surface area (Å²) >= 11 is 0. The van der Waals surface area contributed by atoms with Crippen molar-refractivity contribution in [2.45, 2.75) is 12.0 Å². The lowest BCUT2D eigenvalue weighted by Gasteiger charge is -2.28. The summed E-state index contributed by atoms with van der Waals surface area (Å²) in [6.45, 7) is 0. The average Bonchev–Trinajstić information content (AvgIpc) is 2.10. The minimum absolute atomic E-state index is 0.932. The van der Waals surface area contributed by atoms with Crippen molar-refractivity contribution < 1.29 is 23.6 Å². The van der Waals surface area contributed by atoms with Gasteiger partial charge in [0.15, 0.2) is 0 Å². The fourth-order valence-corrected chi connectivity index (χ4v) is 0.954. The zero-order valence-corrected chi connectivity index (χ0v) is 6.94. The molecule has 0 aromatic heterocycles. The number of urea groups is 1. The smallest absolute Gasteiger partial charge is 0.352 e. The summed E-state index contributed by atoms with van der Waals surface area (Å²) in [5.74, 6) is -5.15. The topological polar surface area (TPSA) is 111 Å². The Bertz CT molecular complexity index is 308. The molecule has 1 saturated heterocycles. The third-order valence-electron chi connectivity index (χ3n) is 1.66. The van der Waals surface area contributed by atoms with Gasteiger partial charge in [-0.1, -0.05) is 0 Å². The Labute approximate surface area is 76.5 Å². The fourth-order valence-electron chi connectivity index (χ4n) is 0.954. The molecule has 14 heavy (non-hydrogen) atoms. The maximum absolute atomic E-state index is 13.5. The largest absolute Gasteiger partial charge is 0.480 e. The second-order valence-electron chi connectivity index (χ2n) is 2.47. The number of halogens is 1. The molecule has 0 bridgehead atoms. The monoisotopic (exact) mass is 207 g/mol. The van der Waals surface area contributed by atoms with Crippen LogP contribution in [0.4, 0.5) is 9.18 Å². The molecule has 0 aromatic carbocycles. The van der Waals surface area contributed by atoms with Crippen LogP contribution in [0.2, 0.25) is 0 Å². The lowest BCUT2D eigenvalue weighted by molar-refractivity contribution is -0.601. The van der Waals surface area contributed by atoms with E-state index in [0.29, 0.717) is 0 Å². The Morgan fingerprint density at radius 3 is 2.64 bits per heavy atom. The zero-order valence-electron chi connectivity index (χ0n) is 6.94. The molecule has 2 atom stereocenters. The normalized spacial score (nSPS) is 32.0. The van der Waals surface area contributed by atoms with Gasteiger partial charge in [-0.05, 0) is 0 Å². The number of hydrogen-bond acceptors (Lipinski definition) is 5. The zero-order chi connectivity index (χ0) is 10.9. The number of carbonyl (C=O) groups is 2. The molecule has 2 unspecified atom stereocenters. The van der Waals surface area contributed by atoms with E-state index in [0.717, 1.165) is 7.11 Å². The van der Waals surface area contributed by atoms with Gasteiger partial charge in [0.05, 0.1) is 4.92 Å². The molecule has 1 fully saturated rings. The molecule has 1 rings (SSSR count). The van der Waals surface area contributed by atoms with E-state index < -0.39 is 28.9 Å². The standard InChI is InChI=1S/C5H6FN3O5/c1-14-3-5(6,9(12)13)2(10)7-4(11)8-3/h3H,1H3,(H2,7,8,10,11). The van der Waals surface area contributed by atoms with Crippen LogP contribution in [0.1, 0.15) is 0 Å². The van der Waals surface area contributed by atoms with Crippen molar-refractivity contribution in [3.8, 4) is 0 Å². The molecule has 2 N–H and O–H groups in total. The van der Waals surface area contributed by atoms with Gasteiger partial charge in [-0.15, -0.1) is 0 Å². The van der Waals surface area contributed by atoms with Gasteiger partial charge in [-0.2, -0.15) is 4.39 Å². The molecule has 9 heteroatoms. The molecule has 1 aliphatic rings. The van der Waals surface area contributed by atoms with E-state index in [2.05, 4.69) is 4.74 Å². The molecule has 1 heterocycles. The highest BCUT2D eigenvalue weighted by Gasteiger charge is 2.63. The van der Waals surface area contributed by atoms with E-state index in [4.69, 9.17) is 0 Å². The molecular formula is C5H6FN3O5. The molecule has 0 aliphatic carbocycles. The first kappa shape index (κ1) is 10.3. The van der Waals surface area contributed by atoms with Gasteiger partial charge >= 0.3 is 17.7 Å². The number of amides is 3. The minimum atomic E-state index is -3.50. The van der Waals surface area contributed by atoms with Gasteiger partial charge < -0.3 is 10.1 Å². The molecule has 3 amide bonds. The van der Waals surface area contributed by atoms with E-state index in [1.165, 1.54) is 5.32 Å². The second-order valence-corrected chi connectivity index (χ2v) is 2.47. The third kappa shape index (κ3) is 1.27. The van der Waals surface area contributed by atoms with Crippen LogP contribution in [0, 0.1) is 10.1 Å². The second kappa shape index (κ2) is 3.18. The number of hydrogen-bond donors (Lipinski definition) is 2. The summed E-state index contributed by atoms with van der Waals surface area (Å²) in [5.41, 5.74) is 0. The number of rotatable bonds is 2. The number of ether oxygens (including phenoxy) is 1. The Hall–Kier alpha value is -1.77. The van der Waals surface area contributed by atoms with Crippen molar-refractivity contribution in [3.05, 3.63) is 10.1 Å². The lowest BCUT2D eigenvalue weighted by atomic mass is 10.1. The lowest BCUT2D eigenvalue weighted by Crippen LogP contribution is -2.70. The predicted molar refractivity (Wildman–Crippen MR) is 38.3 cm³/mol. The molecular weight excluding hydrogens is 201 g/mol. The van der Waals surface area contributed by atoms with Crippen LogP contribution in [-0.2, 0) is 9.53 Å². The van der Waals surface area contributed by atoms with E-state index in [-0.39, 0.29) is 0 Å². The molecule has 1 aliphatic heterocycles. The van der Waals surface area contributed by atoms with Crippen LogP contribution >= 0.6 is 0 Å². The van der Waals surface area contributed by atoms with Crippen molar-refractivity contribution >= 4 is 11.9 Å². The van der Waals surface area contributed by atoms with Gasteiger partial charge in [-0.3, -0.25) is 20.2 Å². The Balaban J connectivity index is 3.06. The van der Waals surface area contributed by atoms with Crippen LogP contribution in [0.25, 0.3) is 0 Å². The van der Waals surface area contributed by atoms with Crippen LogP contribution in [0.3, 0.4) is 0 Å². The van der Waals surface area contributed by atoms with Crippen LogP contribution in [0.15, 0.2) is 0 Å². The van der Waals surface area contributed by atoms with E-state index in [1.807, 2.05) is 0 Å². The first-order chi connectivity index (χ1) is 6.42. The van der Waals surface area contributed by atoms with Crippen LogP contribution in [0.5, 0.6) is 0 Å². The molecule has 0 spiro atoms. The van der Waals surface area contributed by atoms with E-state index in [9.17, 15) is 24.1 Å². The fraction of sp³-hybridized carbons (Fsp3) is 0.600. The third-order valence-corrected chi connectivity index (χ3v) is 1.66. The first-order valence-corrected chi connectivity index (χ1v) is 3.41. The molecule has 8 nitrogen and oxygen atoms in total. The number of alkyl halides is 1. The summed E-state index contributed by atoms with van der Waals surface area (Å²) in [7, 11) is 0.932. The Morgan fingerprint density at radius 2 is 2.21 bits per heavy atom. The van der Waals surface area contributed by atoms with E-state index in [1.54, 1.807) is 5.32 Å².